The number of rotatable bonds is 5. The molecule has 102 valence electrons. The van der Waals surface area contributed by atoms with Gasteiger partial charge in [0.15, 0.2) is 11.5 Å². The van der Waals surface area contributed by atoms with E-state index in [4.69, 9.17) is 19.5 Å². The molecule has 0 amide bonds. The van der Waals surface area contributed by atoms with Crippen molar-refractivity contribution in [2.75, 3.05) is 46.6 Å². The quantitative estimate of drug-likeness (QED) is 0.800. The van der Waals surface area contributed by atoms with Crippen LogP contribution in [0.1, 0.15) is 5.56 Å². The molecule has 19 heavy (non-hydrogen) atoms. The molecule has 0 bridgehead atoms. The third-order valence-electron chi connectivity index (χ3n) is 3.06. The Kier molecular flexibility index (Phi) is 5.01. The van der Waals surface area contributed by atoms with Crippen LogP contribution in [0.25, 0.3) is 0 Å². The molecule has 1 aromatic rings. The Labute approximate surface area is 113 Å². The molecule has 5 heteroatoms. The molecule has 1 aliphatic rings. The number of morpholine rings is 1. The van der Waals surface area contributed by atoms with Gasteiger partial charge in [0, 0.05) is 25.7 Å². The first-order chi connectivity index (χ1) is 9.33. The van der Waals surface area contributed by atoms with Crippen molar-refractivity contribution in [3.05, 3.63) is 23.8 Å². The van der Waals surface area contributed by atoms with Gasteiger partial charge in [0.2, 0.25) is 0 Å². The minimum Gasteiger partial charge on any atom is -0.493 e. The van der Waals surface area contributed by atoms with Crippen LogP contribution in [0.2, 0.25) is 0 Å². The van der Waals surface area contributed by atoms with E-state index in [-0.39, 0.29) is 0 Å². The van der Waals surface area contributed by atoms with E-state index in [2.05, 4.69) is 11.0 Å². The van der Waals surface area contributed by atoms with Gasteiger partial charge in [0.1, 0.15) is 6.61 Å². The highest BCUT2D eigenvalue weighted by Gasteiger charge is 2.11. The van der Waals surface area contributed by atoms with Crippen LogP contribution in [0.15, 0.2) is 18.2 Å². The van der Waals surface area contributed by atoms with Crippen molar-refractivity contribution >= 4 is 0 Å². The van der Waals surface area contributed by atoms with Crippen LogP contribution >= 0.6 is 0 Å². The Bertz CT molecular complexity index is 450. The predicted molar refractivity (Wildman–Crippen MR) is 70.5 cm³/mol. The van der Waals surface area contributed by atoms with Crippen molar-refractivity contribution in [2.24, 2.45) is 0 Å². The zero-order valence-electron chi connectivity index (χ0n) is 11.1. The second-order valence-corrected chi connectivity index (χ2v) is 4.28. The summed E-state index contributed by atoms with van der Waals surface area (Å²) in [6.45, 7) is 4.96. The fraction of sp³-hybridized carbons (Fsp3) is 0.500. The number of benzene rings is 1. The molecule has 0 unspecified atom stereocenters. The van der Waals surface area contributed by atoms with Gasteiger partial charge in [-0.05, 0) is 12.1 Å². The molecule has 0 atom stereocenters. The van der Waals surface area contributed by atoms with E-state index in [1.807, 2.05) is 0 Å². The minimum atomic E-state index is 0.567. The number of hydrogen-bond acceptors (Lipinski definition) is 5. The highest BCUT2D eigenvalue weighted by Crippen LogP contribution is 2.27. The van der Waals surface area contributed by atoms with Gasteiger partial charge < -0.3 is 14.2 Å². The summed E-state index contributed by atoms with van der Waals surface area (Å²) in [7, 11) is 1.57. The van der Waals surface area contributed by atoms with Crippen LogP contribution in [-0.2, 0) is 4.74 Å². The summed E-state index contributed by atoms with van der Waals surface area (Å²) in [5.41, 5.74) is 0.567. The Hall–Kier alpha value is -1.77. The maximum atomic E-state index is 8.83. The lowest BCUT2D eigenvalue weighted by molar-refractivity contribution is 0.0321. The average Bonchev–Trinajstić information content (AvgIpc) is 2.48. The lowest BCUT2D eigenvalue weighted by Gasteiger charge is -2.26. The normalized spacial score (nSPS) is 15.8. The molecule has 1 heterocycles. The summed E-state index contributed by atoms with van der Waals surface area (Å²) in [6, 6.07) is 7.27. The molecular formula is C14H18N2O3. The second-order valence-electron chi connectivity index (χ2n) is 4.28. The van der Waals surface area contributed by atoms with Crippen molar-refractivity contribution in [3.8, 4) is 17.6 Å². The molecule has 0 spiro atoms. The van der Waals surface area contributed by atoms with Gasteiger partial charge in [-0.3, -0.25) is 4.90 Å². The van der Waals surface area contributed by atoms with Crippen molar-refractivity contribution in [1.82, 2.24) is 4.90 Å². The zero-order valence-corrected chi connectivity index (χ0v) is 11.1. The first kappa shape index (κ1) is 13.7. The standard InChI is InChI=1S/C14H18N2O3/c1-17-14-10-12(11-15)2-3-13(14)19-9-6-16-4-7-18-8-5-16/h2-3,10H,4-9H2,1H3. The van der Waals surface area contributed by atoms with Gasteiger partial charge in [-0.2, -0.15) is 5.26 Å². The fourth-order valence-corrected chi connectivity index (χ4v) is 1.97. The van der Waals surface area contributed by atoms with E-state index < -0.39 is 0 Å². The summed E-state index contributed by atoms with van der Waals surface area (Å²) in [4.78, 5) is 2.31. The van der Waals surface area contributed by atoms with Gasteiger partial charge in [-0.25, -0.2) is 0 Å². The largest absolute Gasteiger partial charge is 0.493 e. The van der Waals surface area contributed by atoms with Crippen LogP contribution in [0.4, 0.5) is 0 Å². The number of ether oxygens (including phenoxy) is 3. The molecule has 0 N–H and O–H groups in total. The molecule has 5 nitrogen and oxygen atoms in total. The molecular weight excluding hydrogens is 244 g/mol. The van der Waals surface area contributed by atoms with Crippen LogP contribution in [0, 0.1) is 11.3 Å². The summed E-state index contributed by atoms with van der Waals surface area (Å²) in [6.07, 6.45) is 0. The van der Waals surface area contributed by atoms with Crippen LogP contribution in [0.3, 0.4) is 0 Å². The second kappa shape index (κ2) is 6.98. The smallest absolute Gasteiger partial charge is 0.162 e. The number of nitriles is 1. The molecule has 2 rings (SSSR count). The van der Waals surface area contributed by atoms with Gasteiger partial charge in [-0.15, -0.1) is 0 Å². The average molecular weight is 262 g/mol. The molecule has 0 aliphatic carbocycles. The third kappa shape index (κ3) is 3.85. The molecule has 1 aliphatic heterocycles. The Morgan fingerprint density at radius 1 is 1.32 bits per heavy atom. The van der Waals surface area contributed by atoms with Crippen molar-refractivity contribution < 1.29 is 14.2 Å². The van der Waals surface area contributed by atoms with Crippen molar-refractivity contribution in [2.45, 2.75) is 0 Å². The fourth-order valence-electron chi connectivity index (χ4n) is 1.97. The summed E-state index contributed by atoms with van der Waals surface area (Å²) in [5.74, 6) is 1.27. The van der Waals surface area contributed by atoms with E-state index in [9.17, 15) is 0 Å². The third-order valence-corrected chi connectivity index (χ3v) is 3.06. The van der Waals surface area contributed by atoms with Gasteiger partial charge in [0.05, 0.1) is 32.0 Å². The summed E-state index contributed by atoms with van der Waals surface area (Å²) < 4.78 is 16.2. The number of nitrogens with zero attached hydrogens (tertiary/aromatic N) is 2. The lowest BCUT2D eigenvalue weighted by Crippen LogP contribution is -2.38. The Morgan fingerprint density at radius 3 is 2.79 bits per heavy atom. The van der Waals surface area contributed by atoms with Gasteiger partial charge >= 0.3 is 0 Å². The van der Waals surface area contributed by atoms with Crippen LogP contribution < -0.4 is 9.47 Å². The van der Waals surface area contributed by atoms with E-state index in [0.717, 1.165) is 32.8 Å². The number of hydrogen-bond donors (Lipinski definition) is 0. The van der Waals surface area contributed by atoms with E-state index in [0.29, 0.717) is 23.7 Å². The first-order valence-corrected chi connectivity index (χ1v) is 6.34. The Morgan fingerprint density at radius 2 is 2.11 bits per heavy atom. The molecule has 1 fully saturated rings. The van der Waals surface area contributed by atoms with Crippen LogP contribution in [-0.4, -0.2) is 51.5 Å². The predicted octanol–water partition coefficient (Wildman–Crippen LogP) is 1.28. The monoisotopic (exact) mass is 262 g/mol. The maximum Gasteiger partial charge on any atom is 0.162 e. The first-order valence-electron chi connectivity index (χ1n) is 6.34. The van der Waals surface area contributed by atoms with Gasteiger partial charge in [0.25, 0.3) is 0 Å². The van der Waals surface area contributed by atoms with E-state index in [1.54, 1.807) is 25.3 Å². The summed E-state index contributed by atoms with van der Waals surface area (Å²) in [5, 5.41) is 8.83. The highest BCUT2D eigenvalue weighted by atomic mass is 16.5. The number of methoxy groups -OCH3 is 1. The lowest BCUT2D eigenvalue weighted by atomic mass is 10.2. The van der Waals surface area contributed by atoms with E-state index >= 15 is 0 Å². The van der Waals surface area contributed by atoms with E-state index in [1.165, 1.54) is 0 Å². The van der Waals surface area contributed by atoms with Crippen molar-refractivity contribution in [1.29, 1.82) is 5.26 Å². The van der Waals surface area contributed by atoms with Crippen LogP contribution in [0.5, 0.6) is 11.5 Å². The topological polar surface area (TPSA) is 54.7 Å². The molecule has 0 radical (unpaired) electrons. The highest BCUT2D eigenvalue weighted by molar-refractivity contribution is 5.46. The SMILES string of the molecule is COc1cc(C#N)ccc1OCCN1CCOCC1. The van der Waals surface area contributed by atoms with Gasteiger partial charge in [-0.1, -0.05) is 0 Å². The Balaban J connectivity index is 1.86. The maximum absolute atomic E-state index is 8.83. The summed E-state index contributed by atoms with van der Waals surface area (Å²) >= 11 is 0. The molecule has 0 saturated carbocycles. The zero-order chi connectivity index (χ0) is 13.5. The molecule has 1 saturated heterocycles. The van der Waals surface area contributed by atoms with Crippen molar-refractivity contribution in [3.63, 3.8) is 0 Å². The molecule has 0 aromatic heterocycles. The minimum absolute atomic E-state index is 0.567. The molecule has 1 aromatic carbocycles.